The number of urea groups is 1. The Labute approximate surface area is 130 Å². The molecule has 0 atom stereocenters. The molecule has 120 valence electrons. The van der Waals surface area contributed by atoms with Crippen molar-refractivity contribution in [2.75, 3.05) is 13.7 Å². The van der Waals surface area contributed by atoms with Gasteiger partial charge >= 0.3 is 6.03 Å². The number of non-ortho nitro benzene ring substituents is 1. The lowest BCUT2D eigenvalue weighted by molar-refractivity contribution is -0.385. The fraction of sp³-hybridized carbons (Fsp3) is 0.143. The van der Waals surface area contributed by atoms with E-state index in [0.29, 0.717) is 0 Å². The summed E-state index contributed by atoms with van der Waals surface area (Å²) >= 11 is 0. The molecule has 0 saturated carbocycles. The molecular formula is C14H13N3O6. The van der Waals surface area contributed by atoms with Crippen molar-refractivity contribution in [1.82, 2.24) is 10.2 Å². The molecule has 23 heavy (non-hydrogen) atoms. The van der Waals surface area contributed by atoms with Crippen LogP contribution in [-0.2, 0) is 4.79 Å². The molecule has 2 N–H and O–H groups in total. The number of carbonyl (C=O) groups excluding carboxylic acids is 2. The zero-order chi connectivity index (χ0) is 17.1. The summed E-state index contributed by atoms with van der Waals surface area (Å²) in [5, 5.41) is 23.3. The monoisotopic (exact) mass is 319 g/mol. The normalized spacial score (nSPS) is 15.7. The lowest BCUT2D eigenvalue weighted by Gasteiger charge is -2.07. The number of amides is 3. The van der Waals surface area contributed by atoms with E-state index in [9.17, 15) is 24.8 Å². The van der Waals surface area contributed by atoms with Crippen molar-refractivity contribution in [2.24, 2.45) is 0 Å². The number of imide groups is 1. The Bertz CT molecular complexity index is 740. The first-order chi connectivity index (χ1) is 10.9. The summed E-state index contributed by atoms with van der Waals surface area (Å²) in [7, 11) is 1.24. The third kappa shape index (κ3) is 2.98. The number of nitrogens with zero attached hydrogens (tertiary/aromatic N) is 2. The Morgan fingerprint density at radius 2 is 2.17 bits per heavy atom. The topological polar surface area (TPSA) is 122 Å². The van der Waals surface area contributed by atoms with Crippen LogP contribution in [0.5, 0.6) is 11.5 Å². The SMILES string of the molecule is C=CCN1C(=O)N/C(=C/c2cc([N+](=O)[O-])cc(OC)c2O)C1=O. The molecule has 0 unspecified atom stereocenters. The summed E-state index contributed by atoms with van der Waals surface area (Å²) < 4.78 is 4.87. The van der Waals surface area contributed by atoms with Crippen LogP contribution in [0.4, 0.5) is 10.5 Å². The van der Waals surface area contributed by atoms with Crippen molar-refractivity contribution >= 4 is 23.7 Å². The highest BCUT2D eigenvalue weighted by molar-refractivity contribution is 6.14. The number of rotatable bonds is 5. The second kappa shape index (κ2) is 6.18. The van der Waals surface area contributed by atoms with Gasteiger partial charge in [0.1, 0.15) is 5.70 Å². The summed E-state index contributed by atoms with van der Waals surface area (Å²) in [5.41, 5.74) is -0.471. The molecule has 0 spiro atoms. The van der Waals surface area contributed by atoms with Gasteiger partial charge in [0.05, 0.1) is 18.1 Å². The zero-order valence-corrected chi connectivity index (χ0v) is 12.1. The van der Waals surface area contributed by atoms with E-state index < -0.39 is 16.9 Å². The van der Waals surface area contributed by atoms with Crippen LogP contribution in [0.15, 0.2) is 30.5 Å². The number of nitrogens with one attached hydrogen (secondary N) is 1. The standard InChI is InChI=1S/C14H13N3O6/c1-3-4-16-13(19)10(15-14(16)20)6-8-5-9(17(21)22)7-11(23-2)12(8)18/h3,5-7,18H,1,4H2,2H3,(H,15,20)/b10-6+. The molecule has 1 aliphatic heterocycles. The van der Waals surface area contributed by atoms with E-state index in [1.165, 1.54) is 13.2 Å². The van der Waals surface area contributed by atoms with Gasteiger partial charge in [0.2, 0.25) is 0 Å². The fourth-order valence-electron chi connectivity index (χ4n) is 2.01. The van der Waals surface area contributed by atoms with Gasteiger partial charge in [-0.2, -0.15) is 0 Å². The number of aromatic hydroxyl groups is 1. The minimum Gasteiger partial charge on any atom is -0.504 e. The first-order valence-corrected chi connectivity index (χ1v) is 6.39. The van der Waals surface area contributed by atoms with Gasteiger partial charge in [0.15, 0.2) is 11.5 Å². The van der Waals surface area contributed by atoms with Crippen LogP contribution < -0.4 is 10.1 Å². The van der Waals surface area contributed by atoms with Crippen LogP contribution in [0.2, 0.25) is 0 Å². The predicted molar refractivity (Wildman–Crippen MR) is 79.7 cm³/mol. The first-order valence-electron chi connectivity index (χ1n) is 6.39. The first kappa shape index (κ1) is 16.0. The highest BCUT2D eigenvalue weighted by atomic mass is 16.6. The number of nitro groups is 1. The van der Waals surface area contributed by atoms with Crippen molar-refractivity contribution in [3.8, 4) is 11.5 Å². The number of phenols is 1. The van der Waals surface area contributed by atoms with Gasteiger partial charge < -0.3 is 15.2 Å². The molecule has 1 saturated heterocycles. The fourth-order valence-corrected chi connectivity index (χ4v) is 2.01. The molecule has 3 amide bonds. The molecule has 0 bridgehead atoms. The largest absolute Gasteiger partial charge is 0.504 e. The third-order valence-corrected chi connectivity index (χ3v) is 3.09. The number of hydrogen-bond acceptors (Lipinski definition) is 6. The molecule has 9 nitrogen and oxygen atoms in total. The maximum atomic E-state index is 12.1. The van der Waals surface area contributed by atoms with Crippen LogP contribution in [0.25, 0.3) is 6.08 Å². The highest BCUT2D eigenvalue weighted by Gasteiger charge is 2.33. The molecule has 9 heteroatoms. The molecule has 1 heterocycles. The maximum absolute atomic E-state index is 12.1. The third-order valence-electron chi connectivity index (χ3n) is 3.09. The van der Waals surface area contributed by atoms with Gasteiger partial charge in [-0.15, -0.1) is 6.58 Å². The quantitative estimate of drug-likeness (QED) is 0.278. The molecule has 1 aromatic carbocycles. The Morgan fingerprint density at radius 3 is 2.74 bits per heavy atom. The van der Waals surface area contributed by atoms with Gasteiger partial charge in [-0.05, 0) is 6.08 Å². The summed E-state index contributed by atoms with van der Waals surface area (Å²) in [6.45, 7) is 3.47. The van der Waals surface area contributed by atoms with Crippen LogP contribution in [0, 0.1) is 10.1 Å². The van der Waals surface area contributed by atoms with E-state index in [4.69, 9.17) is 4.74 Å². The van der Waals surface area contributed by atoms with Crippen LogP contribution in [0.1, 0.15) is 5.56 Å². The van der Waals surface area contributed by atoms with E-state index >= 15 is 0 Å². The van der Waals surface area contributed by atoms with Gasteiger partial charge in [-0.25, -0.2) is 4.79 Å². The van der Waals surface area contributed by atoms with Crippen LogP contribution in [-0.4, -0.2) is 40.5 Å². The predicted octanol–water partition coefficient (Wildman–Crippen LogP) is 1.39. The average Bonchev–Trinajstić information content (AvgIpc) is 2.77. The van der Waals surface area contributed by atoms with E-state index in [1.54, 1.807) is 0 Å². The Morgan fingerprint density at radius 1 is 1.48 bits per heavy atom. The molecule has 0 aromatic heterocycles. The van der Waals surface area contributed by atoms with E-state index in [-0.39, 0.29) is 35.0 Å². The number of methoxy groups -OCH3 is 1. The number of hydrogen-bond donors (Lipinski definition) is 2. The smallest absolute Gasteiger partial charge is 0.329 e. The van der Waals surface area contributed by atoms with Gasteiger partial charge in [0.25, 0.3) is 11.6 Å². The van der Waals surface area contributed by atoms with Crippen molar-refractivity contribution < 1.29 is 24.4 Å². The molecule has 2 rings (SSSR count). The minimum atomic E-state index is -0.664. The van der Waals surface area contributed by atoms with Crippen molar-refractivity contribution in [2.45, 2.75) is 0 Å². The lowest BCUT2D eigenvalue weighted by atomic mass is 10.1. The number of ether oxygens (including phenoxy) is 1. The number of nitro benzene ring substituents is 1. The van der Waals surface area contributed by atoms with Crippen LogP contribution >= 0.6 is 0 Å². The van der Waals surface area contributed by atoms with Gasteiger partial charge in [-0.1, -0.05) is 6.08 Å². The summed E-state index contributed by atoms with van der Waals surface area (Å²) in [4.78, 5) is 34.9. The number of carbonyl (C=O) groups is 2. The number of phenolic OH excluding ortho intramolecular Hbond substituents is 1. The zero-order valence-electron chi connectivity index (χ0n) is 12.1. The van der Waals surface area contributed by atoms with Gasteiger partial charge in [-0.3, -0.25) is 19.8 Å². The van der Waals surface area contributed by atoms with Gasteiger partial charge in [0, 0.05) is 18.2 Å². The van der Waals surface area contributed by atoms with E-state index in [1.807, 2.05) is 0 Å². The van der Waals surface area contributed by atoms with Crippen molar-refractivity contribution in [3.05, 3.63) is 46.2 Å². The lowest BCUT2D eigenvalue weighted by Crippen LogP contribution is -2.30. The molecule has 1 aliphatic rings. The van der Waals surface area contributed by atoms with E-state index in [2.05, 4.69) is 11.9 Å². The second-order valence-electron chi connectivity index (χ2n) is 4.54. The molecule has 1 aromatic rings. The van der Waals surface area contributed by atoms with Crippen molar-refractivity contribution in [1.29, 1.82) is 0 Å². The minimum absolute atomic E-state index is 0.0201. The second-order valence-corrected chi connectivity index (χ2v) is 4.54. The van der Waals surface area contributed by atoms with E-state index in [0.717, 1.165) is 23.1 Å². The Kier molecular flexibility index (Phi) is 4.30. The highest BCUT2D eigenvalue weighted by Crippen LogP contribution is 2.36. The molecular weight excluding hydrogens is 306 g/mol. The molecule has 0 aliphatic carbocycles. The number of benzene rings is 1. The Balaban J connectivity index is 2.48. The summed E-state index contributed by atoms with van der Waals surface area (Å²) in [5.74, 6) is -1.12. The van der Waals surface area contributed by atoms with Crippen LogP contribution in [0.3, 0.4) is 0 Å². The molecule has 0 radical (unpaired) electrons. The summed E-state index contributed by atoms with van der Waals surface area (Å²) in [6, 6.07) is 1.48. The molecule has 1 fully saturated rings. The average molecular weight is 319 g/mol. The Hall–Kier alpha value is -3.36. The summed E-state index contributed by atoms with van der Waals surface area (Å²) in [6.07, 6.45) is 2.53. The van der Waals surface area contributed by atoms with Crippen molar-refractivity contribution in [3.63, 3.8) is 0 Å². The maximum Gasteiger partial charge on any atom is 0.329 e.